The molecule has 5 atom stereocenters. The van der Waals surface area contributed by atoms with Gasteiger partial charge in [-0.25, -0.2) is 0 Å². The van der Waals surface area contributed by atoms with Gasteiger partial charge in [-0.3, -0.25) is 4.79 Å². The van der Waals surface area contributed by atoms with E-state index in [1.165, 1.54) is 0 Å². The molecule has 0 saturated carbocycles. The van der Waals surface area contributed by atoms with Crippen molar-refractivity contribution in [2.75, 3.05) is 0 Å². The van der Waals surface area contributed by atoms with Crippen LogP contribution < -0.4 is 5.32 Å². The fourth-order valence-electron chi connectivity index (χ4n) is 2.16. The van der Waals surface area contributed by atoms with Gasteiger partial charge in [0.05, 0.1) is 18.1 Å². The van der Waals surface area contributed by atoms with Crippen LogP contribution in [0.2, 0.25) is 0 Å². The largest absolute Gasteiger partial charge is 0.374 e. The van der Waals surface area contributed by atoms with Gasteiger partial charge in [0.25, 0.3) is 0 Å². The first-order chi connectivity index (χ1) is 6.97. The van der Waals surface area contributed by atoms with Crippen LogP contribution >= 0.6 is 0 Å². The van der Waals surface area contributed by atoms with Gasteiger partial charge in [-0.2, -0.15) is 0 Å². The maximum Gasteiger partial charge on any atom is 0.226 e. The molecular weight excluding hydrogens is 190 g/mol. The van der Waals surface area contributed by atoms with Crippen molar-refractivity contribution in [3.63, 3.8) is 0 Å². The van der Waals surface area contributed by atoms with E-state index in [9.17, 15) is 4.79 Å². The highest BCUT2D eigenvalue weighted by Crippen LogP contribution is 2.32. The Morgan fingerprint density at radius 3 is 2.33 bits per heavy atom. The van der Waals surface area contributed by atoms with Crippen molar-refractivity contribution < 1.29 is 9.53 Å². The highest BCUT2D eigenvalue weighted by Gasteiger charge is 2.41. The van der Waals surface area contributed by atoms with Gasteiger partial charge in [0, 0.05) is 6.04 Å². The molecular formula is C12H23NO2. The van der Waals surface area contributed by atoms with Crippen LogP contribution in [0.15, 0.2) is 0 Å². The normalized spacial score (nSPS) is 37.7. The minimum absolute atomic E-state index is 0.00833. The average Bonchev–Trinajstić information content (AvgIpc) is 2.41. The van der Waals surface area contributed by atoms with Crippen LogP contribution in [0.25, 0.3) is 0 Å². The molecule has 3 nitrogen and oxygen atoms in total. The second kappa shape index (κ2) is 4.97. The highest BCUT2D eigenvalue weighted by atomic mass is 16.5. The van der Waals surface area contributed by atoms with E-state index in [2.05, 4.69) is 19.2 Å². The number of hydrogen-bond donors (Lipinski definition) is 1. The Morgan fingerprint density at radius 2 is 1.93 bits per heavy atom. The molecule has 0 aliphatic carbocycles. The van der Waals surface area contributed by atoms with Crippen molar-refractivity contribution in [3.05, 3.63) is 0 Å². The van der Waals surface area contributed by atoms with Crippen LogP contribution in [0.3, 0.4) is 0 Å². The second-order valence-electron chi connectivity index (χ2n) is 4.75. The standard InChI is InChI=1S/C12H23NO2/c1-6-7(2)13-12(14)11-8(3)9(4)15-10(11)5/h7-11H,6H2,1-5H3,(H,13,14). The van der Waals surface area contributed by atoms with Crippen LogP contribution in [-0.4, -0.2) is 24.2 Å². The molecule has 1 rings (SSSR count). The lowest BCUT2D eigenvalue weighted by Gasteiger charge is -2.20. The third-order valence-electron chi connectivity index (χ3n) is 3.55. The quantitative estimate of drug-likeness (QED) is 0.778. The zero-order valence-corrected chi connectivity index (χ0v) is 10.4. The molecule has 1 aliphatic rings. The summed E-state index contributed by atoms with van der Waals surface area (Å²) in [7, 11) is 0. The van der Waals surface area contributed by atoms with Gasteiger partial charge < -0.3 is 10.1 Å². The lowest BCUT2D eigenvalue weighted by molar-refractivity contribution is -0.127. The van der Waals surface area contributed by atoms with E-state index in [1.54, 1.807) is 0 Å². The molecule has 0 spiro atoms. The van der Waals surface area contributed by atoms with E-state index in [0.29, 0.717) is 5.92 Å². The Bertz CT molecular complexity index is 230. The summed E-state index contributed by atoms with van der Waals surface area (Å²) < 4.78 is 5.66. The molecule has 0 aromatic heterocycles. The van der Waals surface area contributed by atoms with Gasteiger partial charge in [-0.1, -0.05) is 13.8 Å². The first-order valence-electron chi connectivity index (χ1n) is 5.93. The molecule has 0 aromatic carbocycles. The van der Waals surface area contributed by atoms with Gasteiger partial charge in [0.15, 0.2) is 0 Å². The first kappa shape index (κ1) is 12.5. The molecule has 3 heteroatoms. The zero-order chi connectivity index (χ0) is 11.6. The Balaban J connectivity index is 2.59. The molecule has 5 unspecified atom stereocenters. The lowest BCUT2D eigenvalue weighted by Crippen LogP contribution is -2.41. The zero-order valence-electron chi connectivity index (χ0n) is 10.4. The third-order valence-corrected chi connectivity index (χ3v) is 3.55. The summed E-state index contributed by atoms with van der Waals surface area (Å²) in [5, 5.41) is 3.03. The van der Waals surface area contributed by atoms with Crippen molar-refractivity contribution in [2.24, 2.45) is 11.8 Å². The van der Waals surface area contributed by atoms with E-state index in [-0.39, 0.29) is 30.1 Å². The Hall–Kier alpha value is -0.570. The van der Waals surface area contributed by atoms with E-state index in [1.807, 2.05) is 20.8 Å². The minimum atomic E-state index is 0.00833. The van der Waals surface area contributed by atoms with E-state index in [4.69, 9.17) is 4.74 Å². The number of hydrogen-bond acceptors (Lipinski definition) is 2. The summed E-state index contributed by atoms with van der Waals surface area (Å²) in [5.74, 6) is 0.465. The Morgan fingerprint density at radius 1 is 1.33 bits per heavy atom. The molecule has 0 bridgehead atoms. The lowest BCUT2D eigenvalue weighted by atomic mass is 9.88. The molecule has 1 fully saturated rings. The molecule has 0 radical (unpaired) electrons. The van der Waals surface area contributed by atoms with E-state index in [0.717, 1.165) is 6.42 Å². The van der Waals surface area contributed by atoms with Crippen molar-refractivity contribution in [1.29, 1.82) is 0 Å². The predicted octanol–water partition coefficient (Wildman–Crippen LogP) is 1.96. The topological polar surface area (TPSA) is 38.3 Å². The van der Waals surface area contributed by atoms with Crippen LogP contribution in [0.1, 0.15) is 41.0 Å². The van der Waals surface area contributed by atoms with Crippen molar-refractivity contribution in [3.8, 4) is 0 Å². The number of ether oxygens (including phenoxy) is 1. The average molecular weight is 213 g/mol. The van der Waals surface area contributed by atoms with Gasteiger partial charge in [0.1, 0.15) is 0 Å². The molecule has 1 saturated heterocycles. The summed E-state index contributed by atoms with van der Waals surface area (Å²) in [6.07, 6.45) is 1.20. The number of amides is 1. The van der Waals surface area contributed by atoms with Gasteiger partial charge >= 0.3 is 0 Å². The van der Waals surface area contributed by atoms with Crippen molar-refractivity contribution in [1.82, 2.24) is 5.32 Å². The number of nitrogens with one attached hydrogen (secondary N) is 1. The number of carbonyl (C=O) groups excluding carboxylic acids is 1. The van der Waals surface area contributed by atoms with E-state index >= 15 is 0 Å². The van der Waals surface area contributed by atoms with Gasteiger partial charge in [-0.05, 0) is 33.1 Å². The second-order valence-corrected chi connectivity index (χ2v) is 4.75. The molecule has 1 amide bonds. The van der Waals surface area contributed by atoms with Crippen molar-refractivity contribution >= 4 is 5.91 Å². The molecule has 15 heavy (non-hydrogen) atoms. The smallest absolute Gasteiger partial charge is 0.226 e. The van der Waals surface area contributed by atoms with Gasteiger partial charge in [-0.15, -0.1) is 0 Å². The summed E-state index contributed by atoms with van der Waals surface area (Å²) in [5.41, 5.74) is 0. The summed E-state index contributed by atoms with van der Waals surface area (Å²) in [4.78, 5) is 12.0. The fraction of sp³-hybridized carbons (Fsp3) is 0.917. The summed E-state index contributed by atoms with van der Waals surface area (Å²) in [6.45, 7) is 10.2. The maximum absolute atomic E-state index is 12.0. The summed E-state index contributed by atoms with van der Waals surface area (Å²) in [6, 6.07) is 0.257. The van der Waals surface area contributed by atoms with Crippen molar-refractivity contribution in [2.45, 2.75) is 59.3 Å². The van der Waals surface area contributed by atoms with E-state index < -0.39 is 0 Å². The van der Waals surface area contributed by atoms with Crippen LogP contribution in [-0.2, 0) is 9.53 Å². The molecule has 88 valence electrons. The maximum atomic E-state index is 12.0. The SMILES string of the molecule is CCC(C)NC(=O)C1C(C)OC(C)C1C. The highest BCUT2D eigenvalue weighted by molar-refractivity contribution is 5.80. The molecule has 0 aromatic rings. The number of rotatable bonds is 3. The van der Waals surface area contributed by atoms with Crippen LogP contribution in [0, 0.1) is 11.8 Å². The van der Waals surface area contributed by atoms with Crippen LogP contribution in [0.4, 0.5) is 0 Å². The molecule has 1 aliphatic heterocycles. The Labute approximate surface area is 92.6 Å². The summed E-state index contributed by atoms with van der Waals surface area (Å²) >= 11 is 0. The number of carbonyl (C=O) groups is 1. The first-order valence-corrected chi connectivity index (χ1v) is 5.93. The van der Waals surface area contributed by atoms with Gasteiger partial charge in [0.2, 0.25) is 5.91 Å². The fourth-order valence-corrected chi connectivity index (χ4v) is 2.16. The predicted molar refractivity (Wildman–Crippen MR) is 60.6 cm³/mol. The Kier molecular flexibility index (Phi) is 4.14. The molecule has 1 N–H and O–H groups in total. The third kappa shape index (κ3) is 2.71. The monoisotopic (exact) mass is 213 g/mol. The minimum Gasteiger partial charge on any atom is -0.374 e. The molecule has 1 heterocycles. The van der Waals surface area contributed by atoms with Crippen LogP contribution in [0.5, 0.6) is 0 Å².